The summed E-state index contributed by atoms with van der Waals surface area (Å²) < 4.78 is 19.0. The zero-order valence-electron chi connectivity index (χ0n) is 10.9. The maximum absolute atomic E-state index is 13.5. The number of aromatic nitrogens is 1. The molecule has 3 aromatic rings. The van der Waals surface area contributed by atoms with Crippen LogP contribution in [0.4, 0.5) is 4.39 Å². The molecule has 1 aromatic heterocycles. The predicted molar refractivity (Wildman–Crippen MR) is 76.9 cm³/mol. The summed E-state index contributed by atoms with van der Waals surface area (Å²) in [7, 11) is 0. The molecule has 0 unspecified atom stereocenters. The van der Waals surface area contributed by atoms with Gasteiger partial charge in [-0.1, -0.05) is 30.3 Å². The van der Waals surface area contributed by atoms with E-state index in [1.165, 1.54) is 6.07 Å². The standard InChI is InChI=1S/C16H15FN2O/c17-14-6-1-2-7-15(14)20-10-13-8-11-4-3-5-12(9-18)16(11)19-13/h1-8,19H,9-10,18H2. The Morgan fingerprint density at radius 1 is 1.10 bits per heavy atom. The molecule has 0 amide bonds. The van der Waals surface area contributed by atoms with Gasteiger partial charge in [0.05, 0.1) is 11.2 Å². The summed E-state index contributed by atoms with van der Waals surface area (Å²) in [6, 6.07) is 14.3. The molecule has 0 aliphatic heterocycles. The molecule has 0 bridgehead atoms. The number of fused-ring (bicyclic) bond motifs is 1. The van der Waals surface area contributed by atoms with Crippen molar-refractivity contribution in [3.63, 3.8) is 0 Å². The highest BCUT2D eigenvalue weighted by atomic mass is 19.1. The van der Waals surface area contributed by atoms with E-state index in [-0.39, 0.29) is 11.6 Å². The fourth-order valence-corrected chi connectivity index (χ4v) is 2.24. The fraction of sp³-hybridized carbons (Fsp3) is 0.125. The zero-order valence-corrected chi connectivity index (χ0v) is 10.9. The Morgan fingerprint density at radius 3 is 2.75 bits per heavy atom. The lowest BCUT2D eigenvalue weighted by Gasteiger charge is -2.05. The number of hydrogen-bond acceptors (Lipinski definition) is 2. The van der Waals surface area contributed by atoms with Crippen LogP contribution >= 0.6 is 0 Å². The van der Waals surface area contributed by atoms with E-state index in [4.69, 9.17) is 10.5 Å². The molecule has 20 heavy (non-hydrogen) atoms. The Balaban J connectivity index is 1.83. The third kappa shape index (κ3) is 2.38. The molecule has 3 N–H and O–H groups in total. The molecule has 0 aliphatic rings. The van der Waals surface area contributed by atoms with Gasteiger partial charge in [0.15, 0.2) is 11.6 Å². The van der Waals surface area contributed by atoms with Crippen molar-refractivity contribution in [2.24, 2.45) is 5.73 Å². The zero-order chi connectivity index (χ0) is 13.9. The molecular weight excluding hydrogens is 255 g/mol. The van der Waals surface area contributed by atoms with E-state index in [2.05, 4.69) is 4.98 Å². The maximum Gasteiger partial charge on any atom is 0.165 e. The first kappa shape index (κ1) is 12.7. The fourth-order valence-electron chi connectivity index (χ4n) is 2.24. The van der Waals surface area contributed by atoms with Crippen LogP contribution in [-0.4, -0.2) is 4.98 Å². The van der Waals surface area contributed by atoms with Crippen molar-refractivity contribution in [1.82, 2.24) is 4.98 Å². The smallest absolute Gasteiger partial charge is 0.165 e. The van der Waals surface area contributed by atoms with Crippen molar-refractivity contribution >= 4 is 10.9 Å². The lowest BCUT2D eigenvalue weighted by molar-refractivity contribution is 0.287. The third-order valence-electron chi connectivity index (χ3n) is 3.24. The average Bonchev–Trinajstić information content (AvgIpc) is 2.89. The van der Waals surface area contributed by atoms with Crippen molar-refractivity contribution < 1.29 is 9.13 Å². The van der Waals surface area contributed by atoms with E-state index in [1.807, 2.05) is 24.3 Å². The number of H-pyrrole nitrogens is 1. The number of benzene rings is 2. The largest absolute Gasteiger partial charge is 0.484 e. The van der Waals surface area contributed by atoms with Gasteiger partial charge in [0.2, 0.25) is 0 Å². The van der Waals surface area contributed by atoms with Gasteiger partial charge in [0.1, 0.15) is 6.61 Å². The van der Waals surface area contributed by atoms with Crippen LogP contribution in [0.5, 0.6) is 5.75 Å². The van der Waals surface area contributed by atoms with Crippen LogP contribution in [0.3, 0.4) is 0 Å². The molecule has 4 heteroatoms. The SMILES string of the molecule is NCc1cccc2cc(COc3ccccc3F)[nH]c12. The summed E-state index contributed by atoms with van der Waals surface area (Å²) in [5, 5.41) is 1.08. The Kier molecular flexibility index (Phi) is 3.39. The van der Waals surface area contributed by atoms with E-state index < -0.39 is 0 Å². The Hall–Kier alpha value is -2.33. The number of ether oxygens (including phenoxy) is 1. The van der Waals surface area contributed by atoms with Gasteiger partial charge in [-0.3, -0.25) is 0 Å². The van der Waals surface area contributed by atoms with Crippen molar-refractivity contribution in [3.05, 3.63) is 65.6 Å². The summed E-state index contributed by atoms with van der Waals surface area (Å²) in [6.45, 7) is 0.769. The van der Waals surface area contributed by atoms with Crippen LogP contribution in [0.1, 0.15) is 11.3 Å². The first-order valence-corrected chi connectivity index (χ1v) is 6.45. The van der Waals surface area contributed by atoms with Crippen molar-refractivity contribution in [1.29, 1.82) is 0 Å². The monoisotopic (exact) mass is 270 g/mol. The summed E-state index contributed by atoms with van der Waals surface area (Å²) >= 11 is 0. The summed E-state index contributed by atoms with van der Waals surface area (Å²) in [6.07, 6.45) is 0. The number of hydrogen-bond donors (Lipinski definition) is 2. The number of rotatable bonds is 4. The molecule has 0 atom stereocenters. The number of aromatic amines is 1. The third-order valence-corrected chi connectivity index (χ3v) is 3.24. The van der Waals surface area contributed by atoms with Crippen LogP contribution < -0.4 is 10.5 Å². The van der Waals surface area contributed by atoms with E-state index in [0.717, 1.165) is 22.2 Å². The summed E-state index contributed by atoms with van der Waals surface area (Å²) in [5.41, 5.74) is 8.67. The lowest BCUT2D eigenvalue weighted by atomic mass is 10.1. The normalized spacial score (nSPS) is 10.9. The van der Waals surface area contributed by atoms with Gasteiger partial charge in [0, 0.05) is 11.9 Å². The second-order valence-corrected chi connectivity index (χ2v) is 4.60. The minimum absolute atomic E-state index is 0.255. The van der Waals surface area contributed by atoms with Crippen molar-refractivity contribution in [2.75, 3.05) is 0 Å². The van der Waals surface area contributed by atoms with Gasteiger partial charge >= 0.3 is 0 Å². The Bertz CT molecular complexity index is 736. The lowest BCUT2D eigenvalue weighted by Crippen LogP contribution is -1.98. The molecule has 3 nitrogen and oxygen atoms in total. The van der Waals surface area contributed by atoms with Crippen LogP contribution in [0.25, 0.3) is 10.9 Å². The average molecular weight is 270 g/mol. The number of para-hydroxylation sites is 2. The molecule has 3 rings (SSSR count). The van der Waals surface area contributed by atoms with Crippen LogP contribution in [0.2, 0.25) is 0 Å². The quantitative estimate of drug-likeness (QED) is 0.764. The predicted octanol–water partition coefficient (Wildman–Crippen LogP) is 3.34. The van der Waals surface area contributed by atoms with E-state index >= 15 is 0 Å². The molecule has 0 aliphatic carbocycles. The highest BCUT2D eigenvalue weighted by Crippen LogP contribution is 2.21. The highest BCUT2D eigenvalue weighted by molar-refractivity contribution is 5.83. The molecule has 0 saturated carbocycles. The number of nitrogens with two attached hydrogens (primary N) is 1. The molecule has 0 fully saturated rings. The maximum atomic E-state index is 13.5. The van der Waals surface area contributed by atoms with Gasteiger partial charge in [0.25, 0.3) is 0 Å². The van der Waals surface area contributed by atoms with E-state index in [0.29, 0.717) is 13.2 Å². The topological polar surface area (TPSA) is 51.0 Å². The minimum atomic E-state index is -0.355. The van der Waals surface area contributed by atoms with Crippen molar-refractivity contribution in [3.8, 4) is 5.75 Å². The van der Waals surface area contributed by atoms with Crippen LogP contribution in [-0.2, 0) is 13.2 Å². The molecule has 0 saturated heterocycles. The van der Waals surface area contributed by atoms with Crippen molar-refractivity contribution in [2.45, 2.75) is 13.2 Å². The minimum Gasteiger partial charge on any atom is -0.484 e. The van der Waals surface area contributed by atoms with Gasteiger partial charge < -0.3 is 15.5 Å². The van der Waals surface area contributed by atoms with Gasteiger partial charge in [-0.25, -0.2) is 4.39 Å². The van der Waals surface area contributed by atoms with Crippen LogP contribution in [0, 0.1) is 5.82 Å². The second kappa shape index (κ2) is 5.35. The first-order chi connectivity index (χ1) is 9.78. The number of halogens is 1. The highest BCUT2D eigenvalue weighted by Gasteiger charge is 2.06. The van der Waals surface area contributed by atoms with Crippen LogP contribution in [0.15, 0.2) is 48.5 Å². The van der Waals surface area contributed by atoms with E-state index in [1.54, 1.807) is 18.2 Å². The first-order valence-electron chi connectivity index (χ1n) is 6.45. The van der Waals surface area contributed by atoms with Gasteiger partial charge in [-0.15, -0.1) is 0 Å². The molecule has 1 heterocycles. The Morgan fingerprint density at radius 2 is 1.95 bits per heavy atom. The molecule has 2 aromatic carbocycles. The van der Waals surface area contributed by atoms with Gasteiger partial charge in [-0.05, 0) is 23.8 Å². The second-order valence-electron chi connectivity index (χ2n) is 4.60. The Labute approximate surface area is 116 Å². The molecular formula is C16H15FN2O. The summed E-state index contributed by atoms with van der Waals surface area (Å²) in [4.78, 5) is 3.28. The molecule has 0 spiro atoms. The number of nitrogens with one attached hydrogen (secondary N) is 1. The molecule has 0 radical (unpaired) electrons. The molecule has 102 valence electrons. The van der Waals surface area contributed by atoms with E-state index in [9.17, 15) is 4.39 Å². The summed E-state index contributed by atoms with van der Waals surface area (Å²) in [5.74, 6) is -0.100. The van der Waals surface area contributed by atoms with Gasteiger partial charge in [-0.2, -0.15) is 0 Å².